The van der Waals surface area contributed by atoms with Crippen LogP contribution in [0, 0.1) is 16.7 Å². The highest BCUT2D eigenvalue weighted by Crippen LogP contribution is 2.74. The molecule has 17 rings (SSSR count). The molecule has 0 spiro atoms. The van der Waals surface area contributed by atoms with Crippen molar-refractivity contribution in [2.75, 3.05) is 0 Å². The van der Waals surface area contributed by atoms with Gasteiger partial charge in [-0.1, -0.05) is 77.6 Å². The van der Waals surface area contributed by atoms with Crippen LogP contribution in [0.1, 0.15) is 214 Å². The van der Waals surface area contributed by atoms with Gasteiger partial charge in [-0.25, -0.2) is 4.79 Å². The minimum Gasteiger partial charge on any atom is -0.458 e. The van der Waals surface area contributed by atoms with Gasteiger partial charge in [0.05, 0.1) is 22.6 Å². The third-order valence-corrected chi connectivity index (χ3v) is 18.8. The van der Waals surface area contributed by atoms with E-state index in [1.807, 2.05) is 26.0 Å². The molecular formula is C64H90N6O12. The van der Waals surface area contributed by atoms with Crippen molar-refractivity contribution in [3.63, 3.8) is 0 Å². The quantitative estimate of drug-likeness (QED) is 0.0667. The van der Waals surface area contributed by atoms with Crippen LogP contribution in [0.2, 0.25) is 0 Å². The lowest BCUT2D eigenvalue weighted by atomic mass is 9.33. The maximum absolute atomic E-state index is 12.5. The van der Waals surface area contributed by atoms with Crippen molar-refractivity contribution in [1.29, 1.82) is 0 Å². The fourth-order valence-electron chi connectivity index (χ4n) is 15.8. The first kappa shape index (κ1) is 61.8. The number of carbonyl (C=O) groups excluding carboxylic acids is 8. The lowest BCUT2D eigenvalue weighted by molar-refractivity contribution is -0.243. The van der Waals surface area contributed by atoms with Gasteiger partial charge in [-0.2, -0.15) is 0 Å². The molecule has 15 aliphatic carbocycles. The summed E-state index contributed by atoms with van der Waals surface area (Å²) in [6, 6.07) is 14.8. The summed E-state index contributed by atoms with van der Waals surface area (Å²) in [5, 5.41) is 27.5. The van der Waals surface area contributed by atoms with Gasteiger partial charge in [-0.05, 0) is 118 Å². The molecule has 10 bridgehead atoms. The minimum absolute atomic E-state index is 0.000579. The van der Waals surface area contributed by atoms with Gasteiger partial charge in [-0.3, -0.25) is 33.6 Å². The molecule has 15 aliphatic rings. The molecule has 2 aromatic carbocycles. The van der Waals surface area contributed by atoms with Crippen molar-refractivity contribution in [3.8, 4) is 5.75 Å². The van der Waals surface area contributed by atoms with E-state index in [0.29, 0.717) is 36.0 Å². The predicted octanol–water partition coefficient (Wildman–Crippen LogP) is 7.72. The van der Waals surface area contributed by atoms with Gasteiger partial charge in [0, 0.05) is 108 Å². The Labute approximate surface area is 483 Å². The number of carbonyl (C=O) groups is 8. The predicted molar refractivity (Wildman–Crippen MR) is 308 cm³/mol. The summed E-state index contributed by atoms with van der Waals surface area (Å²) in [6.45, 7) is 28.0. The molecule has 18 heteroatoms. The largest absolute Gasteiger partial charge is 0.458 e. The molecule has 0 radical (unpaired) electrons. The third-order valence-electron chi connectivity index (χ3n) is 18.8. The number of amides is 5. The van der Waals surface area contributed by atoms with E-state index in [1.165, 1.54) is 52.5 Å². The number of aliphatic hydroxyl groups is 1. The number of hydrogen-bond acceptors (Lipinski definition) is 13. The van der Waals surface area contributed by atoms with Crippen molar-refractivity contribution in [3.05, 3.63) is 77.5 Å². The number of hydrogen-bond donors (Lipinski definition) is 7. The second-order valence-electron chi connectivity index (χ2n) is 28.7. The molecule has 1 atom stereocenters. The molecule has 0 saturated heterocycles. The van der Waals surface area contributed by atoms with Crippen molar-refractivity contribution < 1.29 is 57.7 Å². The van der Waals surface area contributed by atoms with Crippen LogP contribution in [0.5, 0.6) is 5.75 Å². The van der Waals surface area contributed by atoms with Crippen LogP contribution < -0.4 is 36.6 Å². The van der Waals surface area contributed by atoms with Crippen molar-refractivity contribution in [2.24, 2.45) is 16.7 Å². The van der Waals surface area contributed by atoms with E-state index < -0.39 is 23.1 Å². The number of benzene rings is 2. The maximum atomic E-state index is 12.5. The zero-order chi connectivity index (χ0) is 60.5. The molecule has 15 saturated carbocycles. The lowest BCUT2D eigenvalue weighted by Crippen LogP contribution is -2.82. The number of rotatable bonds is 15. The van der Waals surface area contributed by atoms with E-state index in [4.69, 9.17) is 14.2 Å². The van der Waals surface area contributed by atoms with Crippen LogP contribution in [0.3, 0.4) is 0 Å². The summed E-state index contributed by atoms with van der Waals surface area (Å²) >= 11 is 0. The summed E-state index contributed by atoms with van der Waals surface area (Å²) in [4.78, 5) is 90.5. The van der Waals surface area contributed by atoms with Gasteiger partial charge >= 0.3 is 17.9 Å². The zero-order valence-corrected chi connectivity index (χ0v) is 50.7. The summed E-state index contributed by atoms with van der Waals surface area (Å²) in [5.74, 6) is -0.451. The van der Waals surface area contributed by atoms with Crippen LogP contribution in [0.25, 0.3) is 0 Å². The summed E-state index contributed by atoms with van der Waals surface area (Å²) in [7, 11) is 0. The highest BCUT2D eigenvalue weighted by molar-refractivity contribution is 5.94. The molecule has 18 nitrogen and oxygen atoms in total. The molecule has 7 N–H and O–H groups in total. The van der Waals surface area contributed by atoms with E-state index in [9.17, 15) is 43.5 Å². The molecule has 15 fully saturated rings. The monoisotopic (exact) mass is 1130 g/mol. The van der Waals surface area contributed by atoms with Crippen LogP contribution >= 0.6 is 0 Å². The van der Waals surface area contributed by atoms with E-state index in [-0.39, 0.29) is 91.6 Å². The summed E-state index contributed by atoms with van der Waals surface area (Å²) in [6.07, 6.45) is 14.3. The molecule has 448 valence electrons. The molecule has 1 unspecified atom stereocenters. The molecule has 82 heavy (non-hydrogen) atoms. The second-order valence-corrected chi connectivity index (χ2v) is 28.7. The maximum Gasteiger partial charge on any atom is 0.342 e. The molecule has 0 heterocycles. The Balaban J connectivity index is 0.000000139. The Kier molecular flexibility index (Phi) is 16.1. The fraction of sp³-hybridized carbons (Fsp3) is 0.656. The van der Waals surface area contributed by atoms with Crippen molar-refractivity contribution in [1.82, 2.24) is 31.9 Å². The molecule has 5 amide bonds. The van der Waals surface area contributed by atoms with E-state index in [0.717, 1.165) is 75.5 Å². The topological polar surface area (TPSA) is 257 Å². The number of ether oxygens (including phenoxy) is 3. The first-order chi connectivity index (χ1) is 37.8. The first-order valence-electron chi connectivity index (χ1n) is 29.3. The zero-order valence-electron chi connectivity index (χ0n) is 50.7. The highest BCUT2D eigenvalue weighted by Gasteiger charge is 2.74. The smallest absolute Gasteiger partial charge is 0.342 e. The molecule has 2 aromatic rings. The Bertz CT molecular complexity index is 2790. The second kappa shape index (κ2) is 21.4. The third kappa shape index (κ3) is 12.9. The average molecular weight is 1140 g/mol. The fourth-order valence-corrected chi connectivity index (χ4v) is 15.8. The summed E-state index contributed by atoms with van der Waals surface area (Å²) in [5.41, 5.74) is 3.60. The van der Waals surface area contributed by atoms with Gasteiger partial charge in [0.25, 0.3) is 0 Å². The van der Waals surface area contributed by atoms with Crippen LogP contribution in [0.4, 0.5) is 0 Å². The Morgan fingerprint density at radius 1 is 0.524 bits per heavy atom. The van der Waals surface area contributed by atoms with E-state index in [1.54, 1.807) is 38.1 Å². The minimum atomic E-state index is -0.507. The molecule has 0 aromatic heterocycles. The first-order valence-corrected chi connectivity index (χ1v) is 29.3. The Hall–Kier alpha value is -6.30. The summed E-state index contributed by atoms with van der Waals surface area (Å²) < 4.78 is 16.4. The molecular weight excluding hydrogens is 1040 g/mol. The number of esters is 3. The van der Waals surface area contributed by atoms with Gasteiger partial charge < -0.3 is 51.2 Å². The van der Waals surface area contributed by atoms with Gasteiger partial charge in [0.2, 0.25) is 29.5 Å². The van der Waals surface area contributed by atoms with Gasteiger partial charge in [-0.15, -0.1) is 0 Å². The standard InChI is InChI=1S/C20H27NO3.C16H17NO5.C11H19NO.C10H16N2O.C7H11NO2/c1-13(2)9-16-5-7-17(8-6-16)14(3)18(23)24-20-10-19(11-20,12-20)21-15(4)22;1-10(18)17-15-7-16(8-15,9-15)22-14(20)12-5-3-4-6-13(12)21-11(2)19;1-8(13)12-11-5-10(6-11,7-11)9(2,3)4;1-7(2)11-9-4-10(5-9,6-9)12-8(3)13;1-5(9)8-6-2-7(10,3-6)4-6/h5-8,13-14H,9-12H2,1-4H3,(H,21,22);3-6H,7-9H2,1-2H3,(H,17,18);5-7H2,1-4H3,(H,12,13);11H,1,4-6H2,2-3H3,(H,12,13);10H,2-4H2,1H3,(H,8,9). The van der Waals surface area contributed by atoms with Crippen LogP contribution in [-0.4, -0.2) is 103 Å². The lowest BCUT2D eigenvalue weighted by Gasteiger charge is -2.75. The Morgan fingerprint density at radius 2 is 0.902 bits per heavy atom. The van der Waals surface area contributed by atoms with Crippen molar-refractivity contribution in [2.45, 2.75) is 249 Å². The van der Waals surface area contributed by atoms with Crippen molar-refractivity contribution >= 4 is 47.4 Å². The van der Waals surface area contributed by atoms with Gasteiger partial charge in [0.1, 0.15) is 22.5 Å². The van der Waals surface area contributed by atoms with Crippen LogP contribution in [-0.2, 0) is 49.5 Å². The van der Waals surface area contributed by atoms with E-state index in [2.05, 4.69) is 85.2 Å². The van der Waals surface area contributed by atoms with E-state index >= 15 is 0 Å². The normalized spacial score (nSPS) is 34.8. The number of allylic oxidation sites excluding steroid dienone is 1. The SMILES string of the molecule is C=C(C)NC12CC(NC(C)=O)(C1)C2.CC(=O)NC12CC(C(C)(C)C)(C1)C2.CC(=O)NC12CC(O)(C1)C2.CC(=O)NC12CC(OC(=O)C(C)c3ccc(CC(C)C)cc3)(C1)C2.CC(=O)NC12CC(OC(=O)c3ccccc3OC(C)=O)(C1)C2. The van der Waals surface area contributed by atoms with Gasteiger partial charge in [0.15, 0.2) is 0 Å². The highest BCUT2D eigenvalue weighted by atomic mass is 16.6. The average Bonchev–Trinajstić information content (AvgIpc) is 3.22. The van der Waals surface area contributed by atoms with Crippen LogP contribution in [0.15, 0.2) is 60.8 Å². The molecule has 0 aliphatic heterocycles. The number of nitrogens with one attached hydrogen (secondary N) is 6. The number of para-hydroxylation sites is 1. The Morgan fingerprint density at radius 3 is 1.28 bits per heavy atom.